The standard InChI is InChI=1S/C11H13ClN4O2S/c12-6-1-2-8(7(3-6)11(15)19)16(4-9(13)17)5-10(14)18/h1-3H,4-5H2,(H2,13,17)(H2,14,18)(H2,15,19). The fourth-order valence-electron chi connectivity index (χ4n) is 1.58. The molecule has 2 amide bonds. The Kier molecular flexibility index (Phi) is 5.08. The minimum Gasteiger partial charge on any atom is -0.389 e. The molecule has 0 fully saturated rings. The summed E-state index contributed by atoms with van der Waals surface area (Å²) in [5, 5.41) is 0.435. The highest BCUT2D eigenvalue weighted by Crippen LogP contribution is 2.24. The Labute approximate surface area is 120 Å². The number of rotatable bonds is 6. The molecule has 0 saturated heterocycles. The third-order valence-electron chi connectivity index (χ3n) is 2.26. The average molecular weight is 301 g/mol. The molecule has 0 radical (unpaired) electrons. The van der Waals surface area contributed by atoms with Crippen molar-refractivity contribution in [1.82, 2.24) is 0 Å². The molecule has 1 aromatic rings. The molecule has 19 heavy (non-hydrogen) atoms. The zero-order valence-electron chi connectivity index (χ0n) is 9.93. The molecule has 0 saturated carbocycles. The predicted octanol–water partition coefficient (Wildman–Crippen LogP) is -0.249. The van der Waals surface area contributed by atoms with Crippen molar-refractivity contribution in [2.24, 2.45) is 17.2 Å². The molecule has 1 rings (SSSR count). The van der Waals surface area contributed by atoms with Crippen molar-refractivity contribution in [2.45, 2.75) is 0 Å². The number of benzene rings is 1. The summed E-state index contributed by atoms with van der Waals surface area (Å²) in [5.74, 6) is -1.21. The number of halogens is 1. The van der Waals surface area contributed by atoms with E-state index in [1.165, 1.54) is 4.90 Å². The van der Waals surface area contributed by atoms with E-state index < -0.39 is 11.8 Å². The van der Waals surface area contributed by atoms with Crippen LogP contribution < -0.4 is 22.1 Å². The number of nitrogens with zero attached hydrogens (tertiary/aromatic N) is 1. The average Bonchev–Trinajstić information content (AvgIpc) is 2.26. The molecule has 0 aliphatic heterocycles. The van der Waals surface area contributed by atoms with Crippen molar-refractivity contribution < 1.29 is 9.59 Å². The number of anilines is 1. The van der Waals surface area contributed by atoms with Crippen molar-refractivity contribution in [3.8, 4) is 0 Å². The minimum atomic E-state index is -0.606. The highest BCUT2D eigenvalue weighted by molar-refractivity contribution is 7.80. The van der Waals surface area contributed by atoms with Gasteiger partial charge in [0.15, 0.2) is 0 Å². The van der Waals surface area contributed by atoms with Crippen LogP contribution in [-0.2, 0) is 9.59 Å². The van der Waals surface area contributed by atoms with E-state index in [1.54, 1.807) is 18.2 Å². The molecule has 6 nitrogen and oxygen atoms in total. The molecular weight excluding hydrogens is 288 g/mol. The lowest BCUT2D eigenvalue weighted by Gasteiger charge is -2.24. The Bertz CT molecular complexity index is 519. The summed E-state index contributed by atoms with van der Waals surface area (Å²) in [6.07, 6.45) is 0. The van der Waals surface area contributed by atoms with Crippen molar-refractivity contribution in [3.05, 3.63) is 28.8 Å². The summed E-state index contributed by atoms with van der Waals surface area (Å²) in [6, 6.07) is 4.74. The minimum absolute atomic E-state index is 0.0939. The van der Waals surface area contributed by atoms with Crippen LogP contribution in [0.2, 0.25) is 5.02 Å². The summed E-state index contributed by atoms with van der Waals surface area (Å²) in [6.45, 7) is -0.361. The number of hydrogen-bond donors (Lipinski definition) is 3. The van der Waals surface area contributed by atoms with Crippen molar-refractivity contribution in [2.75, 3.05) is 18.0 Å². The quantitative estimate of drug-likeness (QED) is 0.627. The second-order valence-electron chi connectivity index (χ2n) is 3.81. The third kappa shape index (κ3) is 4.38. The van der Waals surface area contributed by atoms with Gasteiger partial charge in [0.25, 0.3) is 0 Å². The van der Waals surface area contributed by atoms with Crippen LogP contribution in [0.3, 0.4) is 0 Å². The normalized spacial score (nSPS) is 9.95. The van der Waals surface area contributed by atoms with Gasteiger partial charge in [-0.25, -0.2) is 0 Å². The maximum atomic E-state index is 11.1. The maximum Gasteiger partial charge on any atom is 0.236 e. The van der Waals surface area contributed by atoms with Crippen LogP contribution in [0, 0.1) is 0 Å². The molecule has 0 spiro atoms. The van der Waals surface area contributed by atoms with Crippen LogP contribution in [-0.4, -0.2) is 29.9 Å². The van der Waals surface area contributed by atoms with Gasteiger partial charge in [-0.1, -0.05) is 23.8 Å². The molecule has 0 unspecified atom stereocenters. The van der Waals surface area contributed by atoms with Crippen LogP contribution in [0.4, 0.5) is 5.69 Å². The summed E-state index contributed by atoms with van der Waals surface area (Å²) >= 11 is 10.8. The topological polar surface area (TPSA) is 115 Å². The summed E-state index contributed by atoms with van der Waals surface area (Å²) in [7, 11) is 0. The number of hydrogen-bond acceptors (Lipinski definition) is 4. The lowest BCUT2D eigenvalue weighted by Crippen LogP contribution is -2.40. The van der Waals surface area contributed by atoms with E-state index in [9.17, 15) is 9.59 Å². The molecule has 0 aliphatic carbocycles. The van der Waals surface area contributed by atoms with Crippen LogP contribution in [0.15, 0.2) is 18.2 Å². The highest BCUT2D eigenvalue weighted by atomic mass is 35.5. The Morgan fingerprint density at radius 3 is 2.11 bits per heavy atom. The van der Waals surface area contributed by atoms with Crippen LogP contribution >= 0.6 is 23.8 Å². The molecule has 0 aliphatic rings. The molecular formula is C11H13ClN4O2S. The van der Waals surface area contributed by atoms with E-state index in [1.807, 2.05) is 0 Å². The maximum absolute atomic E-state index is 11.1. The second-order valence-corrected chi connectivity index (χ2v) is 4.69. The fraction of sp³-hybridized carbons (Fsp3) is 0.182. The molecule has 8 heteroatoms. The number of amides is 2. The largest absolute Gasteiger partial charge is 0.389 e. The van der Waals surface area contributed by atoms with E-state index in [0.717, 1.165) is 0 Å². The zero-order valence-corrected chi connectivity index (χ0v) is 11.5. The van der Waals surface area contributed by atoms with Gasteiger partial charge in [-0.2, -0.15) is 0 Å². The summed E-state index contributed by atoms with van der Waals surface area (Å²) in [5.41, 5.74) is 16.8. The smallest absolute Gasteiger partial charge is 0.236 e. The molecule has 102 valence electrons. The first-order valence-electron chi connectivity index (χ1n) is 5.22. The van der Waals surface area contributed by atoms with Crippen molar-refractivity contribution in [1.29, 1.82) is 0 Å². The Morgan fingerprint density at radius 1 is 1.16 bits per heavy atom. The van der Waals surface area contributed by atoms with E-state index in [4.69, 9.17) is 41.0 Å². The summed E-state index contributed by atoms with van der Waals surface area (Å²) < 4.78 is 0. The number of carbonyl (C=O) groups excluding carboxylic acids is 2. The van der Waals surface area contributed by atoms with Gasteiger partial charge in [0.05, 0.1) is 13.1 Å². The summed E-state index contributed by atoms with van der Waals surface area (Å²) in [4.78, 5) is 23.6. The van der Waals surface area contributed by atoms with E-state index in [-0.39, 0.29) is 18.1 Å². The van der Waals surface area contributed by atoms with Gasteiger partial charge in [0.1, 0.15) is 4.99 Å². The van der Waals surface area contributed by atoms with E-state index in [2.05, 4.69) is 0 Å². The van der Waals surface area contributed by atoms with Crippen molar-refractivity contribution >= 4 is 46.3 Å². The van der Waals surface area contributed by atoms with Gasteiger partial charge in [-0.15, -0.1) is 0 Å². The highest BCUT2D eigenvalue weighted by Gasteiger charge is 2.17. The monoisotopic (exact) mass is 300 g/mol. The van der Waals surface area contributed by atoms with Crippen LogP contribution in [0.5, 0.6) is 0 Å². The van der Waals surface area contributed by atoms with Gasteiger partial charge >= 0.3 is 0 Å². The first-order chi connectivity index (χ1) is 8.81. The molecule has 0 atom stereocenters. The molecule has 6 N–H and O–H groups in total. The predicted molar refractivity (Wildman–Crippen MR) is 77.9 cm³/mol. The van der Waals surface area contributed by atoms with E-state index in [0.29, 0.717) is 16.3 Å². The zero-order chi connectivity index (χ0) is 14.6. The van der Waals surface area contributed by atoms with Gasteiger partial charge in [0.2, 0.25) is 11.8 Å². The Balaban J connectivity index is 3.24. The van der Waals surface area contributed by atoms with Gasteiger partial charge in [-0.3, -0.25) is 9.59 Å². The first kappa shape index (κ1) is 15.2. The number of carbonyl (C=O) groups is 2. The van der Waals surface area contributed by atoms with Crippen LogP contribution in [0.1, 0.15) is 5.56 Å². The molecule has 0 aromatic heterocycles. The number of primary amides is 2. The first-order valence-corrected chi connectivity index (χ1v) is 6.00. The molecule has 0 bridgehead atoms. The third-order valence-corrected chi connectivity index (χ3v) is 2.71. The molecule has 1 aromatic carbocycles. The second kappa shape index (κ2) is 6.35. The van der Waals surface area contributed by atoms with Crippen LogP contribution in [0.25, 0.3) is 0 Å². The lowest BCUT2D eigenvalue weighted by atomic mass is 10.1. The van der Waals surface area contributed by atoms with E-state index >= 15 is 0 Å². The van der Waals surface area contributed by atoms with Crippen molar-refractivity contribution in [3.63, 3.8) is 0 Å². The SMILES string of the molecule is NC(=O)CN(CC(N)=O)c1ccc(Cl)cc1C(N)=S. The molecule has 0 heterocycles. The van der Waals surface area contributed by atoms with Gasteiger partial charge < -0.3 is 22.1 Å². The van der Waals surface area contributed by atoms with Gasteiger partial charge in [-0.05, 0) is 18.2 Å². The number of thiocarbonyl (C=S) groups is 1. The fourth-order valence-corrected chi connectivity index (χ4v) is 1.92. The number of nitrogens with two attached hydrogens (primary N) is 3. The Hall–Kier alpha value is -1.86. The lowest BCUT2D eigenvalue weighted by molar-refractivity contribution is -0.117. The van der Waals surface area contributed by atoms with Gasteiger partial charge in [0, 0.05) is 16.3 Å². The Morgan fingerprint density at radius 2 is 1.68 bits per heavy atom.